The third kappa shape index (κ3) is 4.12. The Hall–Kier alpha value is -3.42. The summed E-state index contributed by atoms with van der Waals surface area (Å²) in [4.78, 5) is 22.4. The number of halogens is 2. The van der Waals surface area contributed by atoms with Crippen LogP contribution in [-0.2, 0) is 6.54 Å². The van der Waals surface area contributed by atoms with Crippen molar-refractivity contribution in [1.29, 1.82) is 0 Å². The maximum atomic E-state index is 13.8. The Balaban J connectivity index is 1.20. The molecule has 0 aliphatic carbocycles. The van der Waals surface area contributed by atoms with Crippen molar-refractivity contribution in [3.05, 3.63) is 89.0 Å². The smallest absolute Gasteiger partial charge is 0.257 e. The Morgan fingerprint density at radius 3 is 2.53 bits per heavy atom. The molecule has 0 saturated carbocycles. The molecule has 2 aliphatic rings. The Morgan fingerprint density at radius 2 is 1.81 bits per heavy atom. The second-order valence-corrected chi connectivity index (χ2v) is 10.0. The maximum absolute atomic E-state index is 13.8. The van der Waals surface area contributed by atoms with Gasteiger partial charge in [0.2, 0.25) is 0 Å². The fourth-order valence-electron chi connectivity index (χ4n) is 5.65. The van der Waals surface area contributed by atoms with Gasteiger partial charge in [-0.3, -0.25) is 9.69 Å². The highest BCUT2D eigenvalue weighted by molar-refractivity contribution is 6.30. The second kappa shape index (κ2) is 9.22. The first kappa shape index (κ1) is 23.0. The molecule has 4 heterocycles. The molecular formula is C28H26ClFN4O2. The lowest BCUT2D eigenvalue weighted by molar-refractivity contribution is 0.0769. The molecule has 2 aromatic heterocycles. The highest BCUT2D eigenvalue weighted by Gasteiger charge is 2.42. The summed E-state index contributed by atoms with van der Waals surface area (Å²) in [5.41, 5.74) is 4.35. The SMILES string of the molecule is COc1ccc(F)cc1C(=O)N1CC2CN(Cc3c(-c4ccc(Cl)cc4)nc4ccccn34)CC2C1. The van der Waals surface area contributed by atoms with Crippen LogP contribution in [0.3, 0.4) is 0 Å². The average Bonchev–Trinajstić information content (AvgIpc) is 3.56. The van der Waals surface area contributed by atoms with Gasteiger partial charge in [0, 0.05) is 49.5 Å². The zero-order valence-electron chi connectivity index (χ0n) is 19.9. The first-order chi connectivity index (χ1) is 17.5. The van der Waals surface area contributed by atoms with Crippen LogP contribution in [0.5, 0.6) is 5.75 Å². The van der Waals surface area contributed by atoms with Crippen LogP contribution in [-0.4, -0.2) is 58.4 Å². The Morgan fingerprint density at radius 1 is 1.06 bits per heavy atom. The van der Waals surface area contributed by atoms with E-state index in [1.165, 1.54) is 25.3 Å². The molecule has 0 N–H and O–H groups in total. The van der Waals surface area contributed by atoms with Crippen molar-refractivity contribution in [3.8, 4) is 17.0 Å². The van der Waals surface area contributed by atoms with E-state index in [4.69, 9.17) is 21.3 Å². The zero-order valence-corrected chi connectivity index (χ0v) is 20.7. The summed E-state index contributed by atoms with van der Waals surface area (Å²) in [6, 6.07) is 17.9. The van der Waals surface area contributed by atoms with Crippen LogP contribution in [0.15, 0.2) is 66.9 Å². The van der Waals surface area contributed by atoms with Crippen LogP contribution in [0, 0.1) is 17.7 Å². The molecule has 2 aliphatic heterocycles. The minimum atomic E-state index is -0.436. The largest absolute Gasteiger partial charge is 0.496 e. The number of nitrogens with zero attached hydrogens (tertiary/aromatic N) is 4. The van der Waals surface area contributed by atoms with Gasteiger partial charge < -0.3 is 14.0 Å². The lowest BCUT2D eigenvalue weighted by Crippen LogP contribution is -2.33. The highest BCUT2D eigenvalue weighted by atomic mass is 35.5. The number of methoxy groups -OCH3 is 1. The molecule has 4 aromatic rings. The Kier molecular flexibility index (Phi) is 5.90. The molecule has 2 fully saturated rings. The monoisotopic (exact) mass is 504 g/mol. The fourth-order valence-corrected chi connectivity index (χ4v) is 5.78. The number of benzene rings is 2. The normalized spacial score (nSPS) is 19.7. The van der Waals surface area contributed by atoms with Crippen LogP contribution in [0.4, 0.5) is 4.39 Å². The van der Waals surface area contributed by atoms with Crippen molar-refractivity contribution in [1.82, 2.24) is 19.2 Å². The first-order valence-electron chi connectivity index (χ1n) is 12.1. The summed E-state index contributed by atoms with van der Waals surface area (Å²) in [5.74, 6) is 0.564. The predicted octanol–water partition coefficient (Wildman–Crippen LogP) is 5.01. The van der Waals surface area contributed by atoms with E-state index >= 15 is 0 Å². The van der Waals surface area contributed by atoms with E-state index in [1.807, 2.05) is 47.4 Å². The van der Waals surface area contributed by atoms with E-state index < -0.39 is 5.82 Å². The summed E-state index contributed by atoms with van der Waals surface area (Å²) < 4.78 is 21.3. The van der Waals surface area contributed by atoms with Crippen molar-refractivity contribution in [3.63, 3.8) is 0 Å². The number of hydrogen-bond acceptors (Lipinski definition) is 4. The van der Waals surface area contributed by atoms with Crippen LogP contribution >= 0.6 is 11.6 Å². The van der Waals surface area contributed by atoms with Crippen LogP contribution in [0.25, 0.3) is 16.9 Å². The van der Waals surface area contributed by atoms with E-state index in [0.717, 1.165) is 42.2 Å². The number of rotatable bonds is 5. The van der Waals surface area contributed by atoms with Crippen LogP contribution < -0.4 is 4.74 Å². The molecule has 2 atom stereocenters. The molecule has 2 aromatic carbocycles. The zero-order chi connectivity index (χ0) is 24.8. The van der Waals surface area contributed by atoms with E-state index in [-0.39, 0.29) is 11.5 Å². The molecule has 0 radical (unpaired) electrons. The van der Waals surface area contributed by atoms with Gasteiger partial charge in [-0.1, -0.05) is 29.8 Å². The second-order valence-electron chi connectivity index (χ2n) is 9.61. The molecule has 8 heteroatoms. The van der Waals surface area contributed by atoms with Gasteiger partial charge in [-0.15, -0.1) is 0 Å². The van der Waals surface area contributed by atoms with Gasteiger partial charge in [-0.2, -0.15) is 0 Å². The minimum absolute atomic E-state index is 0.167. The van der Waals surface area contributed by atoms with Crippen molar-refractivity contribution in [2.45, 2.75) is 6.54 Å². The third-order valence-electron chi connectivity index (χ3n) is 7.36. The lowest BCUT2D eigenvalue weighted by Gasteiger charge is -2.22. The molecule has 2 saturated heterocycles. The molecule has 1 amide bonds. The maximum Gasteiger partial charge on any atom is 0.257 e. The van der Waals surface area contributed by atoms with E-state index in [0.29, 0.717) is 35.7 Å². The molecule has 2 unspecified atom stereocenters. The first-order valence-corrected chi connectivity index (χ1v) is 12.4. The lowest BCUT2D eigenvalue weighted by atomic mass is 10.0. The molecule has 184 valence electrons. The van der Waals surface area contributed by atoms with E-state index in [2.05, 4.69) is 15.5 Å². The van der Waals surface area contributed by atoms with Gasteiger partial charge in [0.1, 0.15) is 17.2 Å². The molecule has 6 rings (SSSR count). The van der Waals surface area contributed by atoms with Gasteiger partial charge in [0.05, 0.1) is 24.1 Å². The molecule has 6 nitrogen and oxygen atoms in total. The van der Waals surface area contributed by atoms with Gasteiger partial charge in [-0.05, 0) is 54.3 Å². The number of aromatic nitrogens is 2. The van der Waals surface area contributed by atoms with Crippen LogP contribution in [0.2, 0.25) is 5.02 Å². The fraction of sp³-hybridized carbons (Fsp3) is 0.286. The van der Waals surface area contributed by atoms with Crippen molar-refractivity contribution in [2.24, 2.45) is 11.8 Å². The van der Waals surface area contributed by atoms with Gasteiger partial charge in [0.15, 0.2) is 0 Å². The van der Waals surface area contributed by atoms with Gasteiger partial charge >= 0.3 is 0 Å². The summed E-state index contributed by atoms with van der Waals surface area (Å²) in [7, 11) is 1.50. The van der Waals surface area contributed by atoms with Crippen molar-refractivity contribution < 1.29 is 13.9 Å². The Bertz CT molecular complexity index is 1420. The minimum Gasteiger partial charge on any atom is -0.496 e. The number of imidazole rings is 1. The summed E-state index contributed by atoms with van der Waals surface area (Å²) >= 11 is 6.12. The van der Waals surface area contributed by atoms with E-state index in [1.54, 1.807) is 0 Å². The average molecular weight is 505 g/mol. The van der Waals surface area contributed by atoms with Gasteiger partial charge in [-0.25, -0.2) is 9.37 Å². The van der Waals surface area contributed by atoms with Gasteiger partial charge in [0.25, 0.3) is 5.91 Å². The number of carbonyl (C=O) groups is 1. The number of likely N-dealkylation sites (tertiary alicyclic amines) is 2. The van der Waals surface area contributed by atoms with Crippen molar-refractivity contribution >= 4 is 23.2 Å². The Labute approximate surface area is 213 Å². The summed E-state index contributed by atoms with van der Waals surface area (Å²) in [6.07, 6.45) is 2.06. The number of amides is 1. The number of fused-ring (bicyclic) bond motifs is 2. The molecule has 0 bridgehead atoms. The highest BCUT2D eigenvalue weighted by Crippen LogP contribution is 2.35. The van der Waals surface area contributed by atoms with Crippen molar-refractivity contribution in [2.75, 3.05) is 33.3 Å². The number of pyridine rings is 1. The predicted molar refractivity (Wildman–Crippen MR) is 137 cm³/mol. The van der Waals surface area contributed by atoms with Crippen LogP contribution in [0.1, 0.15) is 16.1 Å². The third-order valence-corrected chi connectivity index (χ3v) is 7.61. The topological polar surface area (TPSA) is 50.1 Å². The summed E-state index contributed by atoms with van der Waals surface area (Å²) in [5, 5.41) is 0.700. The summed E-state index contributed by atoms with van der Waals surface area (Å²) in [6.45, 7) is 3.89. The number of hydrogen-bond donors (Lipinski definition) is 0. The standard InChI is InChI=1S/C28H26ClFN4O2/c1-36-25-10-9-22(30)12-23(25)28(35)33-15-19-13-32(14-20(19)16-33)17-24-27(18-5-7-21(29)8-6-18)31-26-4-2-3-11-34(24)26/h2-12,19-20H,13-17H2,1H3. The quantitative estimate of drug-likeness (QED) is 0.383. The van der Waals surface area contributed by atoms with E-state index in [9.17, 15) is 9.18 Å². The molecule has 0 spiro atoms. The number of carbonyl (C=O) groups excluding carboxylic acids is 1. The number of ether oxygens (including phenoxy) is 1. The molecule has 36 heavy (non-hydrogen) atoms. The molecular weight excluding hydrogens is 479 g/mol.